The molecule has 24 heavy (non-hydrogen) atoms. The highest BCUT2D eigenvalue weighted by Crippen LogP contribution is 2.43. The highest BCUT2D eigenvalue weighted by Gasteiger charge is 2.55. The van der Waals surface area contributed by atoms with E-state index in [1.807, 2.05) is 27.0 Å². The molecule has 1 aliphatic carbocycles. The van der Waals surface area contributed by atoms with Crippen molar-refractivity contribution in [2.45, 2.75) is 56.4 Å². The minimum Gasteiger partial charge on any atom is -0.393 e. The molecule has 0 amide bonds. The lowest BCUT2D eigenvalue weighted by atomic mass is 10.1. The van der Waals surface area contributed by atoms with Crippen LogP contribution in [-0.4, -0.2) is 45.2 Å². The number of thioether (sulfide) groups is 1. The number of nitrogens with one attached hydrogen (secondary N) is 1. The highest BCUT2D eigenvalue weighted by molar-refractivity contribution is 14.1. The van der Waals surface area contributed by atoms with Crippen LogP contribution in [0.5, 0.6) is 0 Å². The minimum atomic E-state index is -0.627. The first-order chi connectivity index (χ1) is 11.2. The number of aromatic nitrogens is 2. The lowest BCUT2D eigenvalue weighted by molar-refractivity contribution is -0.154. The molecule has 132 valence electrons. The largest absolute Gasteiger partial charge is 0.393 e. The van der Waals surface area contributed by atoms with E-state index in [-0.39, 0.29) is 24.2 Å². The molecular formula is C15H21IN4O2S2. The van der Waals surface area contributed by atoms with Gasteiger partial charge in [-0.15, -0.1) is 0 Å². The van der Waals surface area contributed by atoms with Crippen molar-refractivity contribution >= 4 is 57.4 Å². The molecule has 1 saturated heterocycles. The summed E-state index contributed by atoms with van der Waals surface area (Å²) in [6.45, 7) is 5.83. The Kier molecular flexibility index (Phi) is 5.28. The summed E-state index contributed by atoms with van der Waals surface area (Å²) in [5, 5.41) is 4.28. The second kappa shape index (κ2) is 6.82. The van der Waals surface area contributed by atoms with Gasteiger partial charge in [-0.3, -0.25) is 0 Å². The zero-order valence-corrected chi connectivity index (χ0v) is 17.8. The average Bonchev–Trinajstić information content (AvgIpc) is 2.97. The maximum Gasteiger partial charge on any atom is 0.189 e. The Labute approximate surface area is 165 Å². The SMILES string of the molecule is CSc1nc(C)c(I)c(N[C@@H]2C[C@H](C(N)=S)[C@H]3OC(C)(C)O[C@H]32)n1. The van der Waals surface area contributed by atoms with Gasteiger partial charge in [0.2, 0.25) is 0 Å². The van der Waals surface area contributed by atoms with E-state index in [9.17, 15) is 0 Å². The summed E-state index contributed by atoms with van der Waals surface area (Å²) in [7, 11) is 0. The second-order valence-corrected chi connectivity index (χ2v) is 8.84. The van der Waals surface area contributed by atoms with Crippen LogP contribution in [0.2, 0.25) is 0 Å². The van der Waals surface area contributed by atoms with Gasteiger partial charge in [0, 0.05) is 5.92 Å². The molecule has 6 nitrogen and oxygen atoms in total. The molecule has 0 radical (unpaired) electrons. The third-order valence-corrected chi connectivity index (χ3v) is 6.47. The Morgan fingerprint density at radius 2 is 2.04 bits per heavy atom. The Hall–Kier alpha value is -0.230. The number of hydrogen-bond donors (Lipinski definition) is 2. The summed E-state index contributed by atoms with van der Waals surface area (Å²) in [4.78, 5) is 9.56. The Morgan fingerprint density at radius 1 is 1.38 bits per heavy atom. The predicted octanol–water partition coefficient (Wildman–Crippen LogP) is 2.72. The number of nitrogens with two attached hydrogens (primary N) is 1. The molecule has 0 bridgehead atoms. The standard InChI is InChI=1S/C15H21IN4O2S2/c1-6-9(16)13(20-14(18-6)24-4)19-8-5-7(12(17)23)10-11(8)22-15(2,3)21-10/h7-8,10-11H,5H2,1-4H3,(H2,17,23)(H,18,19,20)/t7-,8+,10+,11-/m0/s1. The van der Waals surface area contributed by atoms with Gasteiger partial charge in [-0.25, -0.2) is 9.97 Å². The summed E-state index contributed by atoms with van der Waals surface area (Å²) in [5.41, 5.74) is 6.90. The number of fused-ring (bicyclic) bond motifs is 1. The van der Waals surface area contributed by atoms with Crippen LogP contribution in [0.25, 0.3) is 0 Å². The van der Waals surface area contributed by atoms with Crippen molar-refractivity contribution in [2.24, 2.45) is 11.7 Å². The summed E-state index contributed by atoms with van der Waals surface area (Å²) >= 11 is 9.04. The van der Waals surface area contributed by atoms with Crippen molar-refractivity contribution < 1.29 is 9.47 Å². The van der Waals surface area contributed by atoms with Gasteiger partial charge in [-0.1, -0.05) is 24.0 Å². The van der Waals surface area contributed by atoms with E-state index in [4.69, 9.17) is 27.4 Å². The minimum absolute atomic E-state index is 0.00453. The van der Waals surface area contributed by atoms with Crippen LogP contribution in [0, 0.1) is 16.4 Å². The molecule has 0 spiro atoms. The Balaban J connectivity index is 1.88. The first-order valence-electron chi connectivity index (χ1n) is 7.71. The maximum atomic E-state index is 6.11. The fourth-order valence-corrected chi connectivity index (χ4v) is 4.33. The zero-order valence-electron chi connectivity index (χ0n) is 14.0. The molecule has 0 unspecified atom stereocenters. The van der Waals surface area contributed by atoms with Gasteiger partial charge in [-0.05, 0) is 56.0 Å². The third kappa shape index (κ3) is 3.50. The van der Waals surface area contributed by atoms with Crippen LogP contribution >= 0.6 is 46.6 Å². The van der Waals surface area contributed by atoms with Gasteiger partial charge in [0.15, 0.2) is 10.9 Å². The lowest BCUT2D eigenvalue weighted by Crippen LogP contribution is -2.35. The van der Waals surface area contributed by atoms with E-state index in [0.29, 0.717) is 4.99 Å². The van der Waals surface area contributed by atoms with E-state index in [1.165, 1.54) is 11.8 Å². The third-order valence-electron chi connectivity index (χ3n) is 4.33. The molecular weight excluding hydrogens is 459 g/mol. The molecule has 2 aliphatic rings. The molecule has 1 aliphatic heterocycles. The van der Waals surface area contributed by atoms with Crippen molar-refractivity contribution in [3.8, 4) is 0 Å². The summed E-state index contributed by atoms with van der Waals surface area (Å²) in [6, 6.07) is 0.0424. The van der Waals surface area contributed by atoms with E-state index < -0.39 is 5.79 Å². The molecule has 1 aromatic rings. The molecule has 4 atom stereocenters. The Bertz CT molecular complexity index is 673. The van der Waals surface area contributed by atoms with Crippen molar-refractivity contribution in [1.29, 1.82) is 0 Å². The first kappa shape index (κ1) is 18.6. The number of rotatable bonds is 4. The molecule has 2 fully saturated rings. The number of thiocarbonyl (C=S) groups is 1. The van der Waals surface area contributed by atoms with Crippen LogP contribution < -0.4 is 11.1 Å². The molecule has 3 rings (SSSR count). The molecule has 3 N–H and O–H groups in total. The summed E-state index contributed by atoms with van der Waals surface area (Å²) in [6.07, 6.45) is 2.52. The topological polar surface area (TPSA) is 82.3 Å². The summed E-state index contributed by atoms with van der Waals surface area (Å²) < 4.78 is 13.2. The van der Waals surface area contributed by atoms with Gasteiger partial charge >= 0.3 is 0 Å². The van der Waals surface area contributed by atoms with Crippen LogP contribution in [0.1, 0.15) is 26.0 Å². The molecule has 2 heterocycles. The van der Waals surface area contributed by atoms with E-state index in [0.717, 1.165) is 26.7 Å². The highest BCUT2D eigenvalue weighted by atomic mass is 127. The van der Waals surface area contributed by atoms with Gasteiger partial charge < -0.3 is 20.5 Å². The number of nitrogens with zero attached hydrogens (tertiary/aromatic N) is 2. The lowest BCUT2D eigenvalue weighted by Gasteiger charge is -2.24. The maximum absolute atomic E-state index is 6.11. The fraction of sp³-hybridized carbons (Fsp3) is 0.667. The van der Waals surface area contributed by atoms with Gasteiger partial charge in [0.1, 0.15) is 11.9 Å². The average molecular weight is 480 g/mol. The monoisotopic (exact) mass is 480 g/mol. The summed E-state index contributed by atoms with van der Waals surface area (Å²) in [5.74, 6) is 0.204. The quantitative estimate of drug-likeness (QED) is 0.295. The normalized spacial score (nSPS) is 31.0. The number of anilines is 1. The van der Waals surface area contributed by atoms with Crippen molar-refractivity contribution in [1.82, 2.24) is 9.97 Å². The first-order valence-corrected chi connectivity index (χ1v) is 10.4. The number of hydrogen-bond acceptors (Lipinski definition) is 7. The second-order valence-electron chi connectivity index (χ2n) is 6.52. The number of ether oxygens (including phenoxy) is 2. The van der Waals surface area contributed by atoms with Gasteiger partial charge in [0.05, 0.1) is 26.4 Å². The van der Waals surface area contributed by atoms with Crippen LogP contribution in [0.15, 0.2) is 5.16 Å². The van der Waals surface area contributed by atoms with Crippen LogP contribution in [0.3, 0.4) is 0 Å². The Morgan fingerprint density at radius 3 is 2.67 bits per heavy atom. The molecule has 9 heteroatoms. The molecule has 1 aromatic heterocycles. The van der Waals surface area contributed by atoms with Crippen LogP contribution in [0.4, 0.5) is 5.82 Å². The van der Waals surface area contributed by atoms with Gasteiger partial charge in [-0.2, -0.15) is 0 Å². The van der Waals surface area contributed by atoms with Crippen LogP contribution in [-0.2, 0) is 9.47 Å². The fourth-order valence-electron chi connectivity index (χ4n) is 3.30. The molecule has 0 aromatic carbocycles. The molecule has 1 saturated carbocycles. The van der Waals surface area contributed by atoms with Crippen molar-refractivity contribution in [3.63, 3.8) is 0 Å². The van der Waals surface area contributed by atoms with E-state index >= 15 is 0 Å². The van der Waals surface area contributed by atoms with E-state index in [1.54, 1.807) is 0 Å². The van der Waals surface area contributed by atoms with Gasteiger partial charge in [0.25, 0.3) is 0 Å². The van der Waals surface area contributed by atoms with Crippen molar-refractivity contribution in [3.05, 3.63) is 9.26 Å². The number of halogens is 1. The van der Waals surface area contributed by atoms with E-state index in [2.05, 4.69) is 37.9 Å². The number of aryl methyl sites for hydroxylation is 1. The smallest absolute Gasteiger partial charge is 0.189 e. The predicted molar refractivity (Wildman–Crippen MR) is 107 cm³/mol. The van der Waals surface area contributed by atoms with Crippen molar-refractivity contribution in [2.75, 3.05) is 11.6 Å². The zero-order chi connectivity index (χ0) is 17.6.